The molecule has 6 nitrogen and oxygen atoms in total. The monoisotopic (exact) mass is 262 g/mol. The average Bonchev–Trinajstić information content (AvgIpc) is 2.39. The summed E-state index contributed by atoms with van der Waals surface area (Å²) in [6.45, 7) is 7.12. The van der Waals surface area contributed by atoms with Gasteiger partial charge in [-0.05, 0) is 12.1 Å². The molecule has 0 aromatic heterocycles. The van der Waals surface area contributed by atoms with E-state index in [9.17, 15) is 4.79 Å². The van der Waals surface area contributed by atoms with Crippen LogP contribution in [0, 0.1) is 0 Å². The van der Waals surface area contributed by atoms with E-state index < -0.39 is 5.97 Å². The Morgan fingerprint density at radius 2 is 1.16 bits per heavy atom. The molecule has 0 atom stereocenters. The van der Waals surface area contributed by atoms with Gasteiger partial charge >= 0.3 is 5.97 Å². The lowest BCUT2D eigenvalue weighted by atomic mass is 10.2. The summed E-state index contributed by atoms with van der Waals surface area (Å²) >= 11 is 0. The molecule has 4 heterocycles. The van der Waals surface area contributed by atoms with Crippen molar-refractivity contribution in [2.24, 2.45) is 0 Å². The van der Waals surface area contributed by atoms with Gasteiger partial charge in [0.2, 0.25) is 0 Å². The summed E-state index contributed by atoms with van der Waals surface area (Å²) in [5.41, 5.74) is 0.331. The van der Waals surface area contributed by atoms with Crippen LogP contribution in [0.1, 0.15) is 10.4 Å². The molecular weight excluding hydrogens is 244 g/mol. The molecule has 4 aliphatic rings. The second-order valence-electron chi connectivity index (χ2n) is 5.20. The first kappa shape index (κ1) is 12.6. The van der Waals surface area contributed by atoms with Gasteiger partial charge in [-0.2, -0.15) is 0 Å². The number of carboxylic acids is 1. The zero-order valence-corrected chi connectivity index (χ0v) is 10.8. The van der Waals surface area contributed by atoms with Gasteiger partial charge in [0.1, 0.15) is 0 Å². The van der Waals surface area contributed by atoms with Gasteiger partial charge in [-0.25, -0.2) is 4.79 Å². The molecule has 0 saturated carbocycles. The summed E-state index contributed by atoms with van der Waals surface area (Å²) < 4.78 is 0. The van der Waals surface area contributed by atoms with Crippen LogP contribution in [0.5, 0.6) is 0 Å². The summed E-state index contributed by atoms with van der Waals surface area (Å²) in [7, 11) is 0. The fraction of sp³-hybridized carbons (Fsp3) is 0.462. The van der Waals surface area contributed by atoms with E-state index in [1.165, 1.54) is 40.0 Å². The van der Waals surface area contributed by atoms with Crippen molar-refractivity contribution in [1.29, 1.82) is 0 Å². The van der Waals surface area contributed by atoms with Gasteiger partial charge < -0.3 is 5.11 Å². The standard InChI is InChI=1S/C7H6O2.C6H12N4/c8-7(9)6-4-2-1-3-5-6;1-7-2-9-4-8(1)5-10(3-7)6-9/h1-5H,(H,8,9);1-6H2. The quantitative estimate of drug-likeness (QED) is 0.789. The fourth-order valence-corrected chi connectivity index (χ4v) is 2.81. The van der Waals surface area contributed by atoms with E-state index in [-0.39, 0.29) is 0 Å². The first-order valence-corrected chi connectivity index (χ1v) is 6.38. The summed E-state index contributed by atoms with van der Waals surface area (Å²) in [6, 6.07) is 8.30. The molecule has 5 rings (SSSR count). The number of benzene rings is 1. The molecule has 0 aliphatic carbocycles. The largest absolute Gasteiger partial charge is 0.478 e. The van der Waals surface area contributed by atoms with Crippen molar-refractivity contribution in [2.75, 3.05) is 40.0 Å². The van der Waals surface area contributed by atoms with Crippen LogP contribution < -0.4 is 0 Å². The van der Waals surface area contributed by atoms with E-state index in [4.69, 9.17) is 5.11 Å². The Labute approximate surface area is 112 Å². The van der Waals surface area contributed by atoms with E-state index >= 15 is 0 Å². The maximum absolute atomic E-state index is 10.2. The number of hydrogen-bond donors (Lipinski definition) is 1. The Morgan fingerprint density at radius 3 is 1.42 bits per heavy atom. The van der Waals surface area contributed by atoms with Crippen molar-refractivity contribution in [2.45, 2.75) is 0 Å². The van der Waals surface area contributed by atoms with Crippen molar-refractivity contribution in [3.63, 3.8) is 0 Å². The minimum absolute atomic E-state index is 0.331. The van der Waals surface area contributed by atoms with Crippen LogP contribution in [0.3, 0.4) is 0 Å². The lowest BCUT2D eigenvalue weighted by molar-refractivity contribution is -0.194. The van der Waals surface area contributed by atoms with E-state index in [2.05, 4.69) is 19.6 Å². The molecule has 1 aromatic rings. The Kier molecular flexibility index (Phi) is 3.48. The van der Waals surface area contributed by atoms with Crippen LogP contribution in [-0.2, 0) is 0 Å². The predicted octanol–water partition coefficient (Wildman–Crippen LogP) is 0.365. The third kappa shape index (κ3) is 2.93. The number of carboxylic acid groups (broad SMARTS) is 1. The number of rotatable bonds is 1. The van der Waals surface area contributed by atoms with Crippen molar-refractivity contribution in [3.05, 3.63) is 35.9 Å². The summed E-state index contributed by atoms with van der Waals surface area (Å²) in [5, 5.41) is 8.38. The van der Waals surface area contributed by atoms with E-state index in [0.29, 0.717) is 5.56 Å². The first-order valence-electron chi connectivity index (χ1n) is 6.38. The number of hydrogen-bond acceptors (Lipinski definition) is 5. The summed E-state index contributed by atoms with van der Waals surface area (Å²) in [5.74, 6) is -0.879. The molecular formula is C13H18N4O2. The van der Waals surface area contributed by atoms with E-state index in [1.807, 2.05) is 0 Å². The Hall–Kier alpha value is -1.47. The third-order valence-corrected chi connectivity index (χ3v) is 3.42. The molecule has 1 aromatic carbocycles. The highest BCUT2D eigenvalue weighted by molar-refractivity contribution is 5.87. The van der Waals surface area contributed by atoms with E-state index in [0.717, 1.165) is 0 Å². The van der Waals surface area contributed by atoms with Gasteiger partial charge in [-0.15, -0.1) is 0 Å². The van der Waals surface area contributed by atoms with E-state index in [1.54, 1.807) is 30.3 Å². The minimum atomic E-state index is -0.879. The Bertz CT molecular complexity index is 395. The third-order valence-electron chi connectivity index (χ3n) is 3.42. The van der Waals surface area contributed by atoms with Gasteiger partial charge in [0, 0.05) is 0 Å². The van der Waals surface area contributed by atoms with Crippen molar-refractivity contribution >= 4 is 5.97 Å². The second-order valence-corrected chi connectivity index (χ2v) is 5.20. The highest BCUT2D eigenvalue weighted by Gasteiger charge is 2.36. The molecule has 6 heteroatoms. The lowest BCUT2D eigenvalue weighted by Crippen LogP contribution is -2.71. The fourth-order valence-electron chi connectivity index (χ4n) is 2.81. The van der Waals surface area contributed by atoms with Crippen LogP contribution >= 0.6 is 0 Å². The molecule has 4 aliphatic heterocycles. The van der Waals surface area contributed by atoms with Gasteiger partial charge in [0.15, 0.2) is 0 Å². The molecule has 1 N–H and O–H groups in total. The topological polar surface area (TPSA) is 50.3 Å². The highest BCUT2D eigenvalue weighted by atomic mass is 16.4. The number of nitrogens with zero attached hydrogens (tertiary/aromatic N) is 4. The number of aromatic carboxylic acids is 1. The highest BCUT2D eigenvalue weighted by Crippen LogP contribution is 2.20. The first-order chi connectivity index (χ1) is 9.20. The normalized spacial score (nSPS) is 34.5. The molecule has 0 spiro atoms. The SMILES string of the molecule is C1N2CN3CN1CN(C2)C3.O=C(O)c1ccccc1. The number of carbonyl (C=O) groups is 1. The van der Waals surface area contributed by atoms with Crippen molar-refractivity contribution < 1.29 is 9.90 Å². The van der Waals surface area contributed by atoms with Crippen LogP contribution in [0.4, 0.5) is 0 Å². The zero-order valence-electron chi connectivity index (χ0n) is 10.8. The maximum atomic E-state index is 10.2. The van der Waals surface area contributed by atoms with Crippen molar-refractivity contribution in [1.82, 2.24) is 19.6 Å². The van der Waals surface area contributed by atoms with Crippen LogP contribution in [0.15, 0.2) is 30.3 Å². The minimum Gasteiger partial charge on any atom is -0.478 e. The van der Waals surface area contributed by atoms with Crippen LogP contribution in [-0.4, -0.2) is 70.7 Å². The summed E-state index contributed by atoms with van der Waals surface area (Å²) in [6.07, 6.45) is 0. The molecule has 0 amide bonds. The van der Waals surface area contributed by atoms with Gasteiger partial charge in [0.05, 0.1) is 45.6 Å². The maximum Gasteiger partial charge on any atom is 0.335 e. The molecule has 4 fully saturated rings. The van der Waals surface area contributed by atoms with Crippen LogP contribution in [0.2, 0.25) is 0 Å². The second kappa shape index (κ2) is 5.26. The van der Waals surface area contributed by atoms with Gasteiger partial charge in [0.25, 0.3) is 0 Å². The Balaban J connectivity index is 0.000000117. The predicted molar refractivity (Wildman–Crippen MR) is 70.0 cm³/mol. The summed E-state index contributed by atoms with van der Waals surface area (Å²) in [4.78, 5) is 20.1. The molecule has 0 radical (unpaired) electrons. The Morgan fingerprint density at radius 1 is 0.789 bits per heavy atom. The molecule has 102 valence electrons. The average molecular weight is 262 g/mol. The zero-order chi connectivity index (χ0) is 13.2. The van der Waals surface area contributed by atoms with Crippen LogP contribution in [0.25, 0.3) is 0 Å². The molecule has 4 bridgehead atoms. The van der Waals surface area contributed by atoms with Crippen molar-refractivity contribution in [3.8, 4) is 0 Å². The molecule has 0 unspecified atom stereocenters. The van der Waals surface area contributed by atoms with Gasteiger partial charge in [-0.1, -0.05) is 18.2 Å². The lowest BCUT2D eigenvalue weighted by Gasteiger charge is -2.56. The van der Waals surface area contributed by atoms with Gasteiger partial charge in [-0.3, -0.25) is 19.6 Å². The smallest absolute Gasteiger partial charge is 0.335 e. The molecule has 4 saturated heterocycles. The molecule has 19 heavy (non-hydrogen) atoms.